The molecule has 0 nitrogen and oxygen atoms in total. The Balaban J connectivity index is -0.000000527. The van der Waals surface area contributed by atoms with E-state index in [4.69, 9.17) is 73.2 Å². The van der Waals surface area contributed by atoms with Crippen LogP contribution in [0, 0.1) is 129 Å². The molecule has 0 heterocycles. The third-order valence-corrected chi connectivity index (χ3v) is 52.6. The first-order valence-corrected chi connectivity index (χ1v) is 84.7. The van der Waals surface area contributed by atoms with Crippen molar-refractivity contribution >= 4 is 135 Å². The summed E-state index contributed by atoms with van der Waals surface area (Å²) in [5.41, 5.74) is 19.7. The van der Waals surface area contributed by atoms with Crippen molar-refractivity contribution in [2.75, 3.05) is 0 Å². The van der Waals surface area contributed by atoms with E-state index in [1.165, 1.54) is 322 Å². The van der Waals surface area contributed by atoms with Crippen molar-refractivity contribution in [2.45, 2.75) is 373 Å². The summed E-state index contributed by atoms with van der Waals surface area (Å²) in [4.78, 5) is 0. The summed E-state index contributed by atoms with van der Waals surface area (Å²) in [5.74, 6) is 7.44. The van der Waals surface area contributed by atoms with Crippen LogP contribution in [0.2, 0.25) is 61.4 Å². The molecule has 145 heavy (non-hydrogen) atoms. The van der Waals surface area contributed by atoms with E-state index in [0.717, 1.165) is 70.9 Å². The fourth-order valence-corrected chi connectivity index (χ4v) is 44.5. The van der Waals surface area contributed by atoms with E-state index in [1.807, 2.05) is 6.55 Å². The fraction of sp³-hybridized carbons (Fsp3) is 0.532. The largest absolute Gasteiger partial charge is 2.00 e. The summed E-state index contributed by atoms with van der Waals surface area (Å²) in [6.07, 6.45) is 110. The van der Waals surface area contributed by atoms with Gasteiger partial charge in [0.05, 0.1) is 24.2 Å². The fourth-order valence-electron chi connectivity index (χ4n) is 26.3. The van der Waals surface area contributed by atoms with Gasteiger partial charge < -0.3 is 81.7 Å². The Hall–Kier alpha value is 1.39. The minimum Gasteiger partial charge on any atom is 1.00 e. The summed E-state index contributed by atoms with van der Waals surface area (Å²) in [6, 6.07) is 50.6. The van der Waals surface area contributed by atoms with Crippen LogP contribution in [0.25, 0.3) is 30.4 Å². The van der Waals surface area contributed by atoms with Crippen LogP contribution in [0.3, 0.4) is 0 Å². The molecule has 0 aromatic heterocycles. The number of rotatable bonds is 18. The molecular formula is C126H195Cl8Fe4LiSi4Zr2. The maximum Gasteiger partial charge on any atom is 2.00 e. The maximum atomic E-state index is 6.02. The van der Waals surface area contributed by atoms with Crippen LogP contribution in [0.5, 0.6) is 0 Å². The zero-order valence-corrected chi connectivity index (χ0v) is 112. The van der Waals surface area contributed by atoms with Crippen LogP contribution in [0.15, 0.2) is 200 Å². The van der Waals surface area contributed by atoms with Gasteiger partial charge in [-0.1, -0.05) is 538 Å². The topological polar surface area (TPSA) is 0 Å². The van der Waals surface area contributed by atoms with Crippen molar-refractivity contribution in [1.82, 2.24) is 0 Å². The van der Waals surface area contributed by atoms with E-state index < -0.39 is 67.3 Å². The van der Waals surface area contributed by atoms with Crippen molar-refractivity contribution < 1.29 is 123 Å². The Morgan fingerprint density at radius 1 is 0.276 bits per heavy atom. The molecule has 0 bridgehead atoms. The van der Waals surface area contributed by atoms with Crippen molar-refractivity contribution in [3.05, 3.63) is 338 Å². The third-order valence-electron chi connectivity index (χ3n) is 33.7. The molecule has 5 aromatic rings. The molecule has 0 N–H and O–H groups in total. The SMILES string of the molecule is C1=Cc2ccccc2C1.C1CCCC1.C1CCCC1.C1CCCC1.C1CCCC1.C[Si](CCC1CCCC1)(C1C=Cc2ccccc21)C1C=Cc2ccccc21.C[Si](CCC1CCCC1)(C1C=Cc2ccccc21)C1C=Cc2ccccc21.C[Si](CCC1CCCC1)(C1CCC2C=CC=CC21)C1CCC2C=CC=CC21.C[Si](Cl)(Cl)CCC1CCCC1.[CH3-].[CH3-].[CH3-].[CH3-].[CH3-].[CH3-].[CH3-].[CH3-].[CH3-].[CH3-].[CH3-].[Cl][Zr+2][Cl].[Cl][Zr]([Cl])([Cl])[Cl].[Fe+2].[Fe+2].[Fe+2].[Fe+2].[Li+]. The molecule has 22 rings (SSSR count). The van der Waals surface area contributed by atoms with E-state index in [-0.39, 0.29) is 169 Å². The zero-order chi connectivity index (χ0) is 90.6. The standard InChI is InChI=1S/C26H38Si.2C26H30Si.C9H8.C8H16Cl2Si.4C5H10.11CH3.6ClH.4Fe.Li.2Zr/c3*1-27(19-18-20-8-2-3-9-20,25-16-14-21-10-4-6-12-23(21)25)26-17-15-22-11-5-7-13-24(22)26;1-2-5-9-7-3-6-8(9)4-1;1-11(9,10)7-6-8-4-2-3-5-8;4*1-2-4-5-3-1;;;;;;;;;;;;;;;;;;;;;;;;/h4-7,10-13,20-26H,2-3,8-9,14-19H2,1H3;2*4-7,10-17,20,25-26H,2-3,8-9,18-19H2,1H3;1-6H,7H2;8H,2-7H2,1H3;4*1-5H2;11*1H3;6*1H;;;;;;;/q;;;;;;;;;11*-1;;;;;;;4*+2;+1;2*+4/p-6. The minimum atomic E-state index is -3.29. The number of hydrogen-bond donors (Lipinski definition) is 0. The number of fused-ring (bicyclic) bond motifs is 7. The van der Waals surface area contributed by atoms with Gasteiger partial charge in [0.25, 0.3) is 0 Å². The Labute approximate surface area is 1000 Å². The van der Waals surface area contributed by atoms with Gasteiger partial charge in [0.15, 0.2) is 0 Å². The Morgan fingerprint density at radius 2 is 0.497 bits per heavy atom. The Morgan fingerprint density at radius 3 is 0.745 bits per heavy atom. The summed E-state index contributed by atoms with van der Waals surface area (Å²) in [6.45, 7) is 8.52. The molecular weight excluding hydrogens is 2320 g/mol. The van der Waals surface area contributed by atoms with Gasteiger partial charge >= 0.3 is 175 Å². The molecule has 10 atom stereocenters. The smallest absolute Gasteiger partial charge is 1.00 e. The van der Waals surface area contributed by atoms with Crippen molar-refractivity contribution in [3.63, 3.8) is 0 Å². The second-order valence-electron chi connectivity index (χ2n) is 42.5. The van der Waals surface area contributed by atoms with Gasteiger partial charge in [0.2, 0.25) is 6.69 Å². The molecule has 0 amide bonds. The second kappa shape index (κ2) is 82.7. The molecule has 0 saturated heterocycles. The average Bonchev–Trinajstić information content (AvgIpc) is 1.61. The number of halogens is 8. The van der Waals surface area contributed by atoms with E-state index >= 15 is 0 Å². The average molecular weight is 2520 g/mol. The van der Waals surface area contributed by atoms with Crippen molar-refractivity contribution in [1.29, 1.82) is 0 Å². The van der Waals surface area contributed by atoms with Crippen LogP contribution in [0.1, 0.15) is 360 Å². The van der Waals surface area contributed by atoms with Crippen LogP contribution in [0.4, 0.5) is 0 Å². The number of hydrogen-bond acceptors (Lipinski definition) is 0. The monoisotopic (exact) mass is 2510 g/mol. The first-order chi connectivity index (χ1) is 62.7. The number of allylic oxidation sites excluding steroid dienone is 13. The minimum absolute atomic E-state index is 0. The van der Waals surface area contributed by atoms with Gasteiger partial charge in [-0.2, -0.15) is 0 Å². The summed E-state index contributed by atoms with van der Waals surface area (Å²) >= 11 is 7.92. The molecule has 10 fully saturated rings. The van der Waals surface area contributed by atoms with Crippen LogP contribution >= 0.6 is 73.2 Å². The zero-order valence-electron chi connectivity index (χ0n) is 93.1. The molecule has 5 aromatic carbocycles. The normalized spacial score (nSPS) is 23.6. The van der Waals surface area contributed by atoms with Gasteiger partial charge in [0, 0.05) is 0 Å². The van der Waals surface area contributed by atoms with Gasteiger partial charge in [-0.05, 0) is 168 Å². The molecule has 812 valence electrons. The van der Waals surface area contributed by atoms with Crippen LogP contribution < -0.4 is 18.9 Å². The molecule has 0 radical (unpaired) electrons. The van der Waals surface area contributed by atoms with E-state index in [1.54, 1.807) is 34.7 Å². The molecule has 10 saturated carbocycles. The molecule has 0 aliphatic heterocycles. The van der Waals surface area contributed by atoms with E-state index in [9.17, 15) is 0 Å². The number of benzene rings is 5. The van der Waals surface area contributed by atoms with Crippen molar-refractivity contribution in [2.24, 2.45) is 47.3 Å². The van der Waals surface area contributed by atoms with Gasteiger partial charge in [-0.15, -0.1) is 22.2 Å². The van der Waals surface area contributed by atoms with Crippen LogP contribution in [-0.4, -0.2) is 30.9 Å². The third kappa shape index (κ3) is 49.2. The van der Waals surface area contributed by atoms with Gasteiger partial charge in [0.1, 0.15) is 0 Å². The quantitative estimate of drug-likeness (QED) is 0.0466. The van der Waals surface area contributed by atoms with Gasteiger partial charge in [-0.3, -0.25) is 0 Å². The van der Waals surface area contributed by atoms with Gasteiger partial charge in [-0.25, -0.2) is 0 Å². The summed E-state index contributed by atoms with van der Waals surface area (Å²) in [7, 11) is 25.4. The first kappa shape index (κ1) is 155. The Kier molecular flexibility index (Phi) is 88.3. The molecule has 10 unspecified atom stereocenters. The van der Waals surface area contributed by atoms with E-state index in [0.29, 0.717) is 22.2 Å². The molecule has 19 heteroatoms. The maximum absolute atomic E-state index is 6.02. The Bertz CT molecular complexity index is 4020. The first-order valence-electron chi connectivity index (χ1n) is 52.4. The van der Waals surface area contributed by atoms with Crippen LogP contribution in [-0.2, 0) is 111 Å². The summed E-state index contributed by atoms with van der Waals surface area (Å²) in [5, 5.41) is 0. The molecule has 17 aliphatic rings. The second-order valence-corrected chi connectivity index (χ2v) is 91.3. The summed E-state index contributed by atoms with van der Waals surface area (Å²) < 4.78 is 0. The predicted octanol–water partition coefficient (Wildman–Crippen LogP) is 42.6. The van der Waals surface area contributed by atoms with E-state index in [2.05, 4.69) is 250 Å². The molecule has 17 aliphatic carbocycles. The van der Waals surface area contributed by atoms with Crippen molar-refractivity contribution in [3.8, 4) is 0 Å². The predicted molar refractivity (Wildman–Crippen MR) is 650 cm³/mol. The molecule has 0 spiro atoms.